The number of benzene rings is 1. The van der Waals surface area contributed by atoms with Gasteiger partial charge in [-0.3, -0.25) is 14.4 Å². The van der Waals surface area contributed by atoms with E-state index in [0.29, 0.717) is 17.7 Å². The molecule has 2 aromatic rings. The lowest BCUT2D eigenvalue weighted by molar-refractivity contribution is -0.115. The lowest BCUT2D eigenvalue weighted by Gasteiger charge is -2.06. The van der Waals surface area contributed by atoms with Gasteiger partial charge < -0.3 is 10.1 Å². The van der Waals surface area contributed by atoms with Gasteiger partial charge in [0.1, 0.15) is 0 Å². The first-order chi connectivity index (χ1) is 11.9. The van der Waals surface area contributed by atoms with Crippen molar-refractivity contribution in [3.05, 3.63) is 58.0 Å². The second-order valence-electron chi connectivity index (χ2n) is 5.16. The number of carbonyl (C=O) groups excluding carboxylic acids is 3. The number of nitrogens with one attached hydrogen (secondary N) is 1. The minimum absolute atomic E-state index is 0.0625. The van der Waals surface area contributed by atoms with Crippen LogP contribution in [-0.4, -0.2) is 34.0 Å². The van der Waals surface area contributed by atoms with Gasteiger partial charge >= 0.3 is 5.97 Å². The number of amides is 1. The number of hydrogen-bond donors (Lipinski definition) is 1. The number of carbonyl (C=O) groups is 3. The highest BCUT2D eigenvalue weighted by Gasteiger charge is 2.14. The van der Waals surface area contributed by atoms with Gasteiger partial charge in [0, 0.05) is 30.8 Å². The molecule has 0 aliphatic rings. The predicted octanol–water partition coefficient (Wildman–Crippen LogP) is 1.17. The molecule has 1 N–H and O–H groups in total. The summed E-state index contributed by atoms with van der Waals surface area (Å²) in [6.07, 6.45) is 0.357. The summed E-state index contributed by atoms with van der Waals surface area (Å²) in [5.74, 6) is -1.32. The SMILES string of the molecule is CCC(=O)Nc1ccc(C(=O)COC(=O)c2ccc(=O)n(C)n2)cc1. The number of ether oxygens (including phenoxy) is 1. The third-order valence-corrected chi connectivity index (χ3v) is 3.32. The van der Waals surface area contributed by atoms with E-state index in [0.717, 1.165) is 4.68 Å². The summed E-state index contributed by atoms with van der Waals surface area (Å²) in [6.45, 7) is 1.28. The number of esters is 1. The zero-order valence-electron chi connectivity index (χ0n) is 13.8. The van der Waals surface area contributed by atoms with Gasteiger partial charge in [0.2, 0.25) is 5.91 Å². The highest BCUT2D eigenvalue weighted by molar-refractivity contribution is 5.99. The summed E-state index contributed by atoms with van der Waals surface area (Å²) in [4.78, 5) is 46.4. The lowest BCUT2D eigenvalue weighted by atomic mass is 10.1. The van der Waals surface area contributed by atoms with Crippen molar-refractivity contribution in [3.8, 4) is 0 Å². The van der Waals surface area contributed by atoms with Crippen LogP contribution in [-0.2, 0) is 16.6 Å². The van der Waals surface area contributed by atoms with Gasteiger partial charge in [0.05, 0.1) is 0 Å². The first-order valence-electron chi connectivity index (χ1n) is 7.55. The Morgan fingerprint density at radius 1 is 1.12 bits per heavy atom. The quantitative estimate of drug-likeness (QED) is 0.623. The van der Waals surface area contributed by atoms with Crippen LogP contribution in [0.15, 0.2) is 41.2 Å². The Hall–Kier alpha value is -3.29. The van der Waals surface area contributed by atoms with Crippen LogP contribution in [0.3, 0.4) is 0 Å². The molecule has 25 heavy (non-hydrogen) atoms. The van der Waals surface area contributed by atoms with Crippen LogP contribution < -0.4 is 10.9 Å². The van der Waals surface area contributed by atoms with E-state index in [4.69, 9.17) is 4.74 Å². The molecule has 0 saturated heterocycles. The number of anilines is 1. The molecule has 0 aliphatic heterocycles. The molecular formula is C17H17N3O5. The van der Waals surface area contributed by atoms with Gasteiger partial charge in [-0.25, -0.2) is 9.48 Å². The highest BCUT2D eigenvalue weighted by atomic mass is 16.5. The second kappa shape index (κ2) is 8.00. The topological polar surface area (TPSA) is 107 Å². The molecule has 0 bridgehead atoms. The van der Waals surface area contributed by atoms with Crippen molar-refractivity contribution < 1.29 is 19.1 Å². The van der Waals surface area contributed by atoms with Crippen LogP contribution in [0.4, 0.5) is 5.69 Å². The van der Waals surface area contributed by atoms with Crippen LogP contribution in [0.1, 0.15) is 34.2 Å². The number of ketones is 1. The Bertz CT molecular complexity index is 855. The maximum absolute atomic E-state index is 12.1. The molecule has 0 fully saturated rings. The van der Waals surface area contributed by atoms with Crippen molar-refractivity contribution in [2.24, 2.45) is 7.05 Å². The molecule has 1 aromatic heterocycles. The molecule has 0 unspecified atom stereocenters. The molecule has 0 radical (unpaired) electrons. The number of aromatic nitrogens is 2. The molecule has 0 atom stereocenters. The van der Waals surface area contributed by atoms with Gasteiger partial charge in [0.25, 0.3) is 5.56 Å². The smallest absolute Gasteiger partial charge is 0.359 e. The molecule has 2 rings (SSSR count). The number of aryl methyl sites for hydroxylation is 1. The third kappa shape index (κ3) is 4.84. The molecule has 130 valence electrons. The van der Waals surface area contributed by atoms with Gasteiger partial charge in [0.15, 0.2) is 18.1 Å². The molecule has 0 spiro atoms. The van der Waals surface area contributed by atoms with E-state index >= 15 is 0 Å². The Labute approximate surface area is 143 Å². The van der Waals surface area contributed by atoms with Crippen LogP contribution in [0.5, 0.6) is 0 Å². The maximum Gasteiger partial charge on any atom is 0.359 e. The van der Waals surface area contributed by atoms with E-state index in [-0.39, 0.29) is 17.2 Å². The van der Waals surface area contributed by atoms with E-state index in [1.165, 1.54) is 31.3 Å². The first kappa shape index (κ1) is 18.1. The van der Waals surface area contributed by atoms with E-state index in [9.17, 15) is 19.2 Å². The summed E-state index contributed by atoms with van der Waals surface area (Å²) >= 11 is 0. The Morgan fingerprint density at radius 2 is 1.80 bits per heavy atom. The van der Waals surface area contributed by atoms with Gasteiger partial charge in [-0.2, -0.15) is 5.10 Å². The molecule has 1 heterocycles. The Kier molecular flexibility index (Phi) is 5.78. The molecule has 0 aliphatic carbocycles. The fraction of sp³-hybridized carbons (Fsp3) is 0.235. The van der Waals surface area contributed by atoms with Crippen LogP contribution in [0, 0.1) is 0 Å². The standard InChI is InChI=1S/C17H17N3O5/c1-3-15(22)18-12-6-4-11(5-7-12)14(21)10-25-17(24)13-8-9-16(23)20(2)19-13/h4-9H,3,10H2,1-2H3,(H,18,22). The van der Waals surface area contributed by atoms with E-state index < -0.39 is 18.4 Å². The van der Waals surface area contributed by atoms with Gasteiger partial charge in [-0.15, -0.1) is 0 Å². The van der Waals surface area contributed by atoms with E-state index in [1.807, 2.05) is 0 Å². The zero-order valence-corrected chi connectivity index (χ0v) is 13.8. The van der Waals surface area contributed by atoms with Crippen LogP contribution in [0.2, 0.25) is 0 Å². The average Bonchev–Trinajstić information content (AvgIpc) is 2.62. The number of Topliss-reactive ketones (excluding diaryl/α,β-unsaturated/α-hetero) is 1. The zero-order chi connectivity index (χ0) is 18.4. The lowest BCUT2D eigenvalue weighted by Crippen LogP contribution is -2.23. The first-order valence-corrected chi connectivity index (χ1v) is 7.55. The van der Waals surface area contributed by atoms with E-state index in [2.05, 4.69) is 10.4 Å². The number of hydrogen-bond acceptors (Lipinski definition) is 6. The average molecular weight is 343 g/mol. The predicted molar refractivity (Wildman–Crippen MR) is 89.5 cm³/mol. The van der Waals surface area contributed by atoms with Crippen LogP contribution >= 0.6 is 0 Å². The number of rotatable bonds is 6. The fourth-order valence-corrected chi connectivity index (χ4v) is 1.89. The normalized spacial score (nSPS) is 10.2. The summed E-state index contributed by atoms with van der Waals surface area (Å²) in [7, 11) is 1.41. The van der Waals surface area contributed by atoms with Gasteiger partial charge in [-0.05, 0) is 30.3 Å². The van der Waals surface area contributed by atoms with Crippen molar-refractivity contribution in [1.29, 1.82) is 0 Å². The molecule has 1 aromatic carbocycles. The summed E-state index contributed by atoms with van der Waals surface area (Å²) in [5, 5.41) is 6.42. The highest BCUT2D eigenvalue weighted by Crippen LogP contribution is 2.11. The van der Waals surface area contributed by atoms with Crippen molar-refractivity contribution in [1.82, 2.24) is 9.78 Å². The molecule has 0 saturated carbocycles. The number of nitrogens with zero attached hydrogens (tertiary/aromatic N) is 2. The Morgan fingerprint density at radius 3 is 2.40 bits per heavy atom. The minimum atomic E-state index is -0.796. The summed E-state index contributed by atoms with van der Waals surface area (Å²) in [5.41, 5.74) is 0.501. The second-order valence-corrected chi connectivity index (χ2v) is 5.16. The van der Waals surface area contributed by atoms with Crippen LogP contribution in [0.25, 0.3) is 0 Å². The molecule has 8 heteroatoms. The van der Waals surface area contributed by atoms with Crippen molar-refractivity contribution in [3.63, 3.8) is 0 Å². The molecule has 8 nitrogen and oxygen atoms in total. The summed E-state index contributed by atoms with van der Waals surface area (Å²) in [6, 6.07) is 8.68. The minimum Gasteiger partial charge on any atom is -0.453 e. The third-order valence-electron chi connectivity index (χ3n) is 3.32. The van der Waals surface area contributed by atoms with Crippen molar-refractivity contribution in [2.75, 3.05) is 11.9 Å². The van der Waals surface area contributed by atoms with Gasteiger partial charge in [-0.1, -0.05) is 6.92 Å². The largest absolute Gasteiger partial charge is 0.453 e. The van der Waals surface area contributed by atoms with Crippen molar-refractivity contribution in [2.45, 2.75) is 13.3 Å². The van der Waals surface area contributed by atoms with E-state index in [1.54, 1.807) is 19.1 Å². The fourth-order valence-electron chi connectivity index (χ4n) is 1.89. The molecular weight excluding hydrogens is 326 g/mol. The van der Waals surface area contributed by atoms with Crippen molar-refractivity contribution >= 4 is 23.3 Å². The maximum atomic E-state index is 12.1. The Balaban J connectivity index is 1.95. The monoisotopic (exact) mass is 343 g/mol. The molecule has 1 amide bonds. The summed E-state index contributed by atoms with van der Waals surface area (Å²) < 4.78 is 5.92.